The Morgan fingerprint density at radius 1 is 1.55 bits per heavy atom. The van der Waals surface area contributed by atoms with Crippen molar-refractivity contribution in [3.05, 3.63) is 0 Å². The van der Waals surface area contributed by atoms with E-state index < -0.39 is 0 Å². The highest BCUT2D eigenvalue weighted by Crippen LogP contribution is 2.54. The van der Waals surface area contributed by atoms with Crippen molar-refractivity contribution in [2.24, 2.45) is 23.0 Å². The lowest BCUT2D eigenvalue weighted by Gasteiger charge is -2.30. The fraction of sp³-hybridized carbons (Fsp3) is 0.889. The van der Waals surface area contributed by atoms with E-state index in [4.69, 9.17) is 11.0 Å². The summed E-state index contributed by atoms with van der Waals surface area (Å²) in [5, 5.41) is 8.96. The van der Waals surface area contributed by atoms with Crippen LogP contribution < -0.4 is 5.73 Å². The molecule has 0 aromatic rings. The zero-order chi connectivity index (χ0) is 8.06. The Morgan fingerprint density at radius 3 is 2.64 bits per heavy atom. The van der Waals surface area contributed by atoms with Gasteiger partial charge in [0.05, 0.1) is 11.5 Å². The number of rotatable bonds is 0. The molecule has 2 aliphatic rings. The van der Waals surface area contributed by atoms with E-state index in [-0.39, 0.29) is 5.41 Å². The van der Waals surface area contributed by atoms with E-state index in [1.165, 1.54) is 6.42 Å². The number of nitrogens with two attached hydrogens (primary N) is 1. The number of hydrogen-bond acceptors (Lipinski definition) is 2. The molecule has 0 radical (unpaired) electrons. The molecule has 0 heterocycles. The van der Waals surface area contributed by atoms with Crippen LogP contribution >= 0.6 is 0 Å². The second-order valence-electron chi connectivity index (χ2n) is 4.34. The number of fused-ring (bicyclic) bond motifs is 2. The first kappa shape index (κ1) is 7.12. The van der Waals surface area contributed by atoms with Crippen LogP contribution in [-0.4, -0.2) is 6.04 Å². The summed E-state index contributed by atoms with van der Waals surface area (Å²) in [5.41, 5.74) is 5.83. The highest BCUT2D eigenvalue weighted by molar-refractivity contribution is 5.12. The van der Waals surface area contributed by atoms with Gasteiger partial charge in [-0.25, -0.2) is 0 Å². The number of nitriles is 1. The summed E-state index contributed by atoms with van der Waals surface area (Å²) >= 11 is 0. The average molecular weight is 150 g/mol. The van der Waals surface area contributed by atoms with Crippen molar-refractivity contribution < 1.29 is 0 Å². The molecule has 2 fully saturated rings. The summed E-state index contributed by atoms with van der Waals surface area (Å²) in [6.45, 7) is 2.07. The molecule has 60 valence electrons. The first-order valence-electron chi connectivity index (χ1n) is 4.32. The standard InChI is InChI=1S/C9H14N2/c1-9(5-10)4-6-2-7(9)8(11)3-6/h6-8H,2-4,11H2,1H3/t6-,7+,8+,9+/m1/s1. The van der Waals surface area contributed by atoms with Crippen molar-refractivity contribution in [3.8, 4) is 6.07 Å². The molecule has 0 aromatic heterocycles. The van der Waals surface area contributed by atoms with Gasteiger partial charge in [0, 0.05) is 6.04 Å². The zero-order valence-electron chi connectivity index (χ0n) is 6.88. The molecular weight excluding hydrogens is 136 g/mol. The minimum atomic E-state index is -0.0949. The molecule has 2 rings (SSSR count). The molecule has 2 nitrogen and oxygen atoms in total. The molecule has 4 atom stereocenters. The molecule has 0 saturated heterocycles. The van der Waals surface area contributed by atoms with Crippen molar-refractivity contribution in [2.45, 2.75) is 32.2 Å². The molecule has 0 amide bonds. The second-order valence-corrected chi connectivity index (χ2v) is 4.34. The van der Waals surface area contributed by atoms with Gasteiger partial charge in [0.1, 0.15) is 0 Å². The summed E-state index contributed by atoms with van der Waals surface area (Å²) in [4.78, 5) is 0. The van der Waals surface area contributed by atoms with Crippen molar-refractivity contribution >= 4 is 0 Å². The fourth-order valence-corrected chi connectivity index (χ4v) is 2.96. The zero-order valence-corrected chi connectivity index (χ0v) is 6.88. The quantitative estimate of drug-likeness (QED) is 0.565. The summed E-state index contributed by atoms with van der Waals surface area (Å²) in [6.07, 6.45) is 3.44. The molecule has 2 N–H and O–H groups in total. The Bertz CT molecular complexity index is 218. The normalized spacial score (nSPS) is 54.5. The smallest absolute Gasteiger partial charge is 0.0690 e. The van der Waals surface area contributed by atoms with E-state index in [1.807, 2.05) is 0 Å². The molecule has 0 aliphatic heterocycles. The third-order valence-electron chi connectivity index (χ3n) is 3.50. The molecule has 0 spiro atoms. The molecule has 2 bridgehead atoms. The Kier molecular flexibility index (Phi) is 1.28. The summed E-state index contributed by atoms with van der Waals surface area (Å²) in [6, 6.07) is 2.73. The maximum absolute atomic E-state index is 8.96. The van der Waals surface area contributed by atoms with Crippen LogP contribution in [0.25, 0.3) is 0 Å². The van der Waals surface area contributed by atoms with Gasteiger partial charge < -0.3 is 5.73 Å². The highest BCUT2D eigenvalue weighted by atomic mass is 14.7. The van der Waals surface area contributed by atoms with Gasteiger partial charge in [0.25, 0.3) is 0 Å². The van der Waals surface area contributed by atoms with E-state index in [9.17, 15) is 0 Å². The van der Waals surface area contributed by atoms with Crippen molar-refractivity contribution in [1.29, 1.82) is 5.26 Å². The van der Waals surface area contributed by atoms with Crippen LogP contribution in [0, 0.1) is 28.6 Å². The van der Waals surface area contributed by atoms with Crippen LogP contribution in [0.5, 0.6) is 0 Å². The molecule has 0 aromatic carbocycles. The topological polar surface area (TPSA) is 49.8 Å². The minimum absolute atomic E-state index is 0.0949. The summed E-state index contributed by atoms with van der Waals surface area (Å²) < 4.78 is 0. The highest BCUT2D eigenvalue weighted by Gasteiger charge is 2.52. The molecule has 0 unspecified atom stereocenters. The van der Waals surface area contributed by atoms with Crippen molar-refractivity contribution in [1.82, 2.24) is 0 Å². The van der Waals surface area contributed by atoms with Gasteiger partial charge in [-0.05, 0) is 38.0 Å². The Labute approximate surface area is 67.4 Å². The Morgan fingerprint density at radius 2 is 2.27 bits per heavy atom. The summed E-state index contributed by atoms with van der Waals surface area (Å²) in [5.74, 6) is 1.23. The van der Waals surface area contributed by atoms with Crippen molar-refractivity contribution in [3.63, 3.8) is 0 Å². The predicted octanol–water partition coefficient (Wildman–Crippen LogP) is 1.27. The third kappa shape index (κ3) is 0.810. The molecule has 2 aliphatic carbocycles. The monoisotopic (exact) mass is 150 g/mol. The second kappa shape index (κ2) is 1.98. The largest absolute Gasteiger partial charge is 0.327 e. The van der Waals surface area contributed by atoms with Gasteiger partial charge in [-0.2, -0.15) is 5.26 Å². The van der Waals surface area contributed by atoms with Gasteiger partial charge in [-0.3, -0.25) is 0 Å². The fourth-order valence-electron chi connectivity index (χ4n) is 2.96. The van der Waals surface area contributed by atoms with Gasteiger partial charge in [-0.1, -0.05) is 0 Å². The number of nitrogens with zero attached hydrogens (tertiary/aromatic N) is 1. The van der Waals surface area contributed by atoms with Crippen LogP contribution in [0.15, 0.2) is 0 Å². The van der Waals surface area contributed by atoms with E-state index in [1.54, 1.807) is 0 Å². The van der Waals surface area contributed by atoms with Crippen LogP contribution in [-0.2, 0) is 0 Å². The van der Waals surface area contributed by atoms with E-state index >= 15 is 0 Å². The third-order valence-corrected chi connectivity index (χ3v) is 3.50. The van der Waals surface area contributed by atoms with Crippen LogP contribution in [0.4, 0.5) is 0 Å². The van der Waals surface area contributed by atoms with Gasteiger partial charge in [0.15, 0.2) is 0 Å². The average Bonchev–Trinajstić information content (AvgIpc) is 2.44. The van der Waals surface area contributed by atoms with E-state index in [0.717, 1.165) is 18.8 Å². The molecule has 11 heavy (non-hydrogen) atoms. The van der Waals surface area contributed by atoms with E-state index in [0.29, 0.717) is 12.0 Å². The van der Waals surface area contributed by atoms with Gasteiger partial charge in [0.2, 0.25) is 0 Å². The molecule has 2 heteroatoms. The minimum Gasteiger partial charge on any atom is -0.327 e. The Hall–Kier alpha value is -0.550. The van der Waals surface area contributed by atoms with Gasteiger partial charge in [-0.15, -0.1) is 0 Å². The van der Waals surface area contributed by atoms with Crippen LogP contribution in [0.3, 0.4) is 0 Å². The first-order chi connectivity index (χ1) is 5.15. The van der Waals surface area contributed by atoms with Crippen LogP contribution in [0.1, 0.15) is 26.2 Å². The Balaban J connectivity index is 2.26. The first-order valence-corrected chi connectivity index (χ1v) is 4.32. The van der Waals surface area contributed by atoms with Crippen LogP contribution in [0.2, 0.25) is 0 Å². The van der Waals surface area contributed by atoms with Gasteiger partial charge >= 0.3 is 0 Å². The van der Waals surface area contributed by atoms with E-state index in [2.05, 4.69) is 13.0 Å². The molecule has 2 saturated carbocycles. The number of hydrogen-bond donors (Lipinski definition) is 1. The SMILES string of the molecule is C[C@@]1(C#N)C[C@H]2C[C@H](N)[C@@H]1C2. The lowest BCUT2D eigenvalue weighted by molar-refractivity contribution is 0.238. The van der Waals surface area contributed by atoms with Crippen molar-refractivity contribution in [2.75, 3.05) is 0 Å². The lowest BCUT2D eigenvalue weighted by Crippen LogP contribution is -2.37. The maximum atomic E-state index is 8.96. The molecular formula is C9H14N2. The lowest BCUT2D eigenvalue weighted by atomic mass is 9.74. The predicted molar refractivity (Wildman–Crippen MR) is 42.5 cm³/mol. The summed E-state index contributed by atoms with van der Waals surface area (Å²) in [7, 11) is 0. The maximum Gasteiger partial charge on any atom is 0.0690 e.